The van der Waals surface area contributed by atoms with Gasteiger partial charge >= 0.3 is 0 Å². The zero-order valence-electron chi connectivity index (χ0n) is 7.18. The molecule has 55 valence electrons. The maximum Gasteiger partial charge on any atom is 0.0226 e. The highest BCUT2D eigenvalue weighted by atomic mass is 15.2. The molecule has 0 aromatic rings. The molecule has 0 saturated carbocycles. The molecule has 1 nitrogen and oxygen atoms in total. The zero-order chi connectivity index (χ0) is 7.44. The molecule has 0 aliphatic heterocycles. The lowest BCUT2D eigenvalue weighted by atomic mass is 10.2. The third-order valence-corrected chi connectivity index (χ3v) is 1.49. The van der Waals surface area contributed by atoms with Gasteiger partial charge in [-0.1, -0.05) is 0 Å². The Labute approximate surface area is 59.1 Å². The van der Waals surface area contributed by atoms with Crippen LogP contribution < -0.4 is 0 Å². The molecule has 9 heavy (non-hydrogen) atoms. The molecular formula is C8H18N. The Morgan fingerprint density at radius 2 is 1.33 bits per heavy atom. The van der Waals surface area contributed by atoms with Gasteiger partial charge in [-0.3, -0.25) is 4.90 Å². The van der Waals surface area contributed by atoms with Crippen molar-refractivity contribution in [2.75, 3.05) is 0 Å². The van der Waals surface area contributed by atoms with E-state index in [-0.39, 0.29) is 0 Å². The van der Waals surface area contributed by atoms with Crippen LogP contribution in [0.1, 0.15) is 34.6 Å². The molecule has 0 aliphatic rings. The number of hydrogen-bond acceptors (Lipinski definition) is 1. The van der Waals surface area contributed by atoms with E-state index in [1.807, 2.05) is 0 Å². The molecule has 0 amide bonds. The lowest BCUT2D eigenvalue weighted by Gasteiger charge is -2.28. The van der Waals surface area contributed by atoms with E-state index < -0.39 is 0 Å². The van der Waals surface area contributed by atoms with Gasteiger partial charge in [-0.15, -0.1) is 0 Å². The second-order valence-electron chi connectivity index (χ2n) is 2.89. The quantitative estimate of drug-likeness (QED) is 0.563. The molecule has 0 N–H and O–H groups in total. The standard InChI is InChI=1S/C8H18N/c1-6-9(7(2)3)8(4)5/h6-8H,1-5H3. The van der Waals surface area contributed by atoms with Gasteiger partial charge in [0.1, 0.15) is 0 Å². The molecule has 0 unspecified atom stereocenters. The molecule has 0 aromatic carbocycles. The Bertz CT molecular complexity index is 59.0. The lowest BCUT2D eigenvalue weighted by molar-refractivity contribution is 0.225. The van der Waals surface area contributed by atoms with Crippen LogP contribution >= 0.6 is 0 Å². The van der Waals surface area contributed by atoms with Gasteiger partial charge in [-0.2, -0.15) is 0 Å². The molecule has 0 heterocycles. The van der Waals surface area contributed by atoms with Crippen molar-refractivity contribution in [2.24, 2.45) is 0 Å². The summed E-state index contributed by atoms with van der Waals surface area (Å²) in [4.78, 5) is 2.33. The summed E-state index contributed by atoms with van der Waals surface area (Å²) in [7, 11) is 0. The second kappa shape index (κ2) is 3.89. The van der Waals surface area contributed by atoms with Crippen LogP contribution in [-0.2, 0) is 0 Å². The van der Waals surface area contributed by atoms with Crippen molar-refractivity contribution in [1.82, 2.24) is 4.90 Å². The topological polar surface area (TPSA) is 3.24 Å². The van der Waals surface area contributed by atoms with E-state index in [9.17, 15) is 0 Å². The molecule has 1 heteroatoms. The van der Waals surface area contributed by atoms with E-state index in [0.29, 0.717) is 12.1 Å². The fourth-order valence-corrected chi connectivity index (χ4v) is 1.19. The predicted molar refractivity (Wildman–Crippen MR) is 42.1 cm³/mol. The monoisotopic (exact) mass is 128 g/mol. The van der Waals surface area contributed by atoms with Gasteiger partial charge < -0.3 is 0 Å². The molecule has 0 fully saturated rings. The van der Waals surface area contributed by atoms with Crippen LogP contribution in [0.25, 0.3) is 0 Å². The van der Waals surface area contributed by atoms with Crippen molar-refractivity contribution >= 4 is 0 Å². The van der Waals surface area contributed by atoms with Crippen LogP contribution in [-0.4, -0.2) is 17.0 Å². The first-order valence-electron chi connectivity index (χ1n) is 3.66. The fraction of sp³-hybridized carbons (Fsp3) is 0.875. The van der Waals surface area contributed by atoms with Crippen molar-refractivity contribution in [2.45, 2.75) is 46.7 Å². The maximum atomic E-state index is 2.33. The van der Waals surface area contributed by atoms with Crippen molar-refractivity contribution < 1.29 is 0 Å². The number of hydrogen-bond donors (Lipinski definition) is 0. The largest absolute Gasteiger partial charge is 0.294 e. The minimum Gasteiger partial charge on any atom is -0.294 e. The molecule has 0 bridgehead atoms. The molecule has 0 atom stereocenters. The first-order valence-corrected chi connectivity index (χ1v) is 3.66. The average molecular weight is 128 g/mol. The van der Waals surface area contributed by atoms with Crippen molar-refractivity contribution in [1.29, 1.82) is 0 Å². The summed E-state index contributed by atoms with van der Waals surface area (Å²) in [6.45, 7) is 13.1. The predicted octanol–water partition coefficient (Wildman–Crippen LogP) is 2.29. The summed E-state index contributed by atoms with van der Waals surface area (Å²) in [6.07, 6.45) is 0. The third-order valence-electron chi connectivity index (χ3n) is 1.49. The first kappa shape index (κ1) is 8.96. The normalized spacial score (nSPS) is 12.0. The summed E-state index contributed by atoms with van der Waals surface area (Å²) >= 11 is 0. The van der Waals surface area contributed by atoms with E-state index in [4.69, 9.17) is 0 Å². The van der Waals surface area contributed by atoms with Gasteiger partial charge in [-0.25, -0.2) is 0 Å². The van der Waals surface area contributed by atoms with Crippen LogP contribution in [0, 0.1) is 6.54 Å². The van der Waals surface area contributed by atoms with Gasteiger partial charge in [0.25, 0.3) is 0 Å². The molecular weight excluding hydrogens is 110 g/mol. The van der Waals surface area contributed by atoms with E-state index in [1.54, 1.807) is 0 Å². The van der Waals surface area contributed by atoms with Gasteiger partial charge in [0.05, 0.1) is 0 Å². The molecule has 0 rings (SSSR count). The Balaban J connectivity index is 3.68. The van der Waals surface area contributed by atoms with E-state index in [0.717, 1.165) is 0 Å². The molecule has 1 radical (unpaired) electrons. The highest BCUT2D eigenvalue weighted by molar-refractivity contribution is 4.71. The summed E-state index contributed by atoms with van der Waals surface area (Å²) in [5, 5.41) is 0. The average Bonchev–Trinajstić information content (AvgIpc) is 1.64. The molecule has 0 saturated heterocycles. The van der Waals surface area contributed by atoms with Gasteiger partial charge in [0, 0.05) is 18.6 Å². The van der Waals surface area contributed by atoms with Crippen LogP contribution in [0.5, 0.6) is 0 Å². The summed E-state index contributed by atoms with van der Waals surface area (Å²) in [6, 6.07) is 1.27. The lowest BCUT2D eigenvalue weighted by Crippen LogP contribution is -2.33. The number of rotatable bonds is 3. The van der Waals surface area contributed by atoms with E-state index >= 15 is 0 Å². The van der Waals surface area contributed by atoms with E-state index in [1.165, 1.54) is 0 Å². The van der Waals surface area contributed by atoms with Crippen molar-refractivity contribution in [3.05, 3.63) is 6.54 Å². The Morgan fingerprint density at radius 1 is 1.00 bits per heavy atom. The minimum atomic E-state index is 0.634. The number of nitrogens with zero attached hydrogens (tertiary/aromatic N) is 1. The first-order chi connectivity index (χ1) is 4.09. The summed E-state index contributed by atoms with van der Waals surface area (Å²) in [5.74, 6) is 0. The van der Waals surface area contributed by atoms with Gasteiger partial charge in [0.2, 0.25) is 0 Å². The minimum absolute atomic E-state index is 0.634. The van der Waals surface area contributed by atoms with Crippen LogP contribution in [0.3, 0.4) is 0 Å². The van der Waals surface area contributed by atoms with Crippen LogP contribution in [0.4, 0.5) is 0 Å². The van der Waals surface area contributed by atoms with Crippen molar-refractivity contribution in [3.8, 4) is 0 Å². The Kier molecular flexibility index (Phi) is 3.87. The third kappa shape index (κ3) is 2.85. The Morgan fingerprint density at radius 3 is 1.33 bits per heavy atom. The van der Waals surface area contributed by atoms with Gasteiger partial charge in [0.15, 0.2) is 0 Å². The highest BCUT2D eigenvalue weighted by Gasteiger charge is 2.09. The van der Waals surface area contributed by atoms with Crippen LogP contribution in [0.15, 0.2) is 0 Å². The SMILES string of the molecule is C[CH]N(C(C)C)C(C)C. The second-order valence-corrected chi connectivity index (χ2v) is 2.89. The Hall–Kier alpha value is -0.0400. The smallest absolute Gasteiger partial charge is 0.0226 e. The van der Waals surface area contributed by atoms with Crippen LogP contribution in [0.2, 0.25) is 0 Å². The van der Waals surface area contributed by atoms with E-state index in [2.05, 4.69) is 46.1 Å². The van der Waals surface area contributed by atoms with Gasteiger partial charge in [-0.05, 0) is 34.6 Å². The van der Waals surface area contributed by atoms with Crippen molar-refractivity contribution in [3.63, 3.8) is 0 Å². The summed E-state index contributed by atoms with van der Waals surface area (Å²) in [5.41, 5.74) is 0. The summed E-state index contributed by atoms with van der Waals surface area (Å²) < 4.78 is 0. The zero-order valence-corrected chi connectivity index (χ0v) is 7.18. The molecule has 0 aliphatic carbocycles. The highest BCUT2D eigenvalue weighted by Crippen LogP contribution is 2.05. The molecule has 0 spiro atoms. The maximum absolute atomic E-state index is 2.33. The molecule has 0 aromatic heterocycles. The fourth-order valence-electron chi connectivity index (χ4n) is 1.19.